The molecule has 5 heteroatoms. The van der Waals surface area contributed by atoms with Crippen molar-refractivity contribution in [2.24, 2.45) is 0 Å². The normalized spacial score (nSPS) is 23.9. The van der Waals surface area contributed by atoms with Crippen LogP contribution < -0.4 is 5.32 Å². The highest BCUT2D eigenvalue weighted by molar-refractivity contribution is 6.36. The number of carbonyl (C=O) groups excluding carboxylic acids is 1. The van der Waals surface area contributed by atoms with Crippen LogP contribution in [-0.4, -0.2) is 35.1 Å². The summed E-state index contributed by atoms with van der Waals surface area (Å²) in [6.45, 7) is 2.58. The highest BCUT2D eigenvalue weighted by Crippen LogP contribution is 2.41. The Morgan fingerprint density at radius 2 is 2.07 bits per heavy atom. The first-order valence-corrected chi connectivity index (χ1v) is 9.49. The zero-order valence-electron chi connectivity index (χ0n) is 15.1. The van der Waals surface area contributed by atoms with Crippen LogP contribution in [0.3, 0.4) is 0 Å². The van der Waals surface area contributed by atoms with Crippen molar-refractivity contribution in [3.63, 3.8) is 0 Å². The van der Waals surface area contributed by atoms with Crippen molar-refractivity contribution in [3.8, 4) is 0 Å². The van der Waals surface area contributed by atoms with Crippen molar-refractivity contribution in [3.05, 3.63) is 64.7 Å². The lowest BCUT2D eigenvalue weighted by Crippen LogP contribution is -2.31. The van der Waals surface area contributed by atoms with Gasteiger partial charge >= 0.3 is 0 Å². The van der Waals surface area contributed by atoms with Gasteiger partial charge in [-0.15, -0.1) is 0 Å². The van der Waals surface area contributed by atoms with Gasteiger partial charge in [-0.3, -0.25) is 9.69 Å². The first-order valence-electron chi connectivity index (χ1n) is 9.49. The smallest absolute Gasteiger partial charge is 0.260 e. The summed E-state index contributed by atoms with van der Waals surface area (Å²) in [6.07, 6.45) is 2.21. The monoisotopic (exact) mass is 362 g/mol. The summed E-state index contributed by atoms with van der Waals surface area (Å²) in [5.74, 6) is 0.569. The zero-order chi connectivity index (χ0) is 18.4. The van der Waals surface area contributed by atoms with E-state index in [9.17, 15) is 9.90 Å². The molecule has 27 heavy (non-hydrogen) atoms. The summed E-state index contributed by atoms with van der Waals surface area (Å²) < 4.78 is 5.97. The molecule has 0 saturated carbocycles. The van der Waals surface area contributed by atoms with Crippen molar-refractivity contribution < 1.29 is 14.6 Å². The van der Waals surface area contributed by atoms with Gasteiger partial charge in [-0.1, -0.05) is 36.4 Å². The number of anilines is 1. The Morgan fingerprint density at radius 1 is 1.19 bits per heavy atom. The molecule has 2 N–H and O–H groups in total. The molecule has 3 aliphatic heterocycles. The number of likely N-dealkylation sites (tertiary alicyclic amines) is 1. The second-order valence-electron chi connectivity index (χ2n) is 7.43. The molecule has 2 aromatic carbocycles. The van der Waals surface area contributed by atoms with Crippen molar-refractivity contribution in [2.45, 2.75) is 32.0 Å². The van der Waals surface area contributed by atoms with Gasteiger partial charge in [-0.2, -0.15) is 0 Å². The molecular formula is C22H22N2O3. The third kappa shape index (κ3) is 2.74. The van der Waals surface area contributed by atoms with E-state index < -0.39 is 0 Å². The minimum Gasteiger partial charge on any atom is -0.487 e. The fourth-order valence-electron chi connectivity index (χ4n) is 4.41. The lowest BCUT2D eigenvalue weighted by molar-refractivity contribution is -0.110. The number of aliphatic hydroxyl groups is 1. The minimum atomic E-state index is -0.106. The van der Waals surface area contributed by atoms with Gasteiger partial charge in [0.2, 0.25) is 0 Å². The molecule has 5 rings (SSSR count). The molecule has 2 aromatic rings. The Balaban J connectivity index is 1.48. The lowest BCUT2D eigenvalue weighted by Gasteiger charge is -2.22. The quantitative estimate of drug-likeness (QED) is 0.824. The maximum atomic E-state index is 12.5. The van der Waals surface area contributed by atoms with E-state index in [1.165, 1.54) is 5.56 Å². The molecule has 0 aromatic heterocycles. The van der Waals surface area contributed by atoms with Gasteiger partial charge in [-0.05, 0) is 31.0 Å². The summed E-state index contributed by atoms with van der Waals surface area (Å²) >= 11 is 0. The molecule has 3 aliphatic rings. The van der Waals surface area contributed by atoms with Gasteiger partial charge in [0, 0.05) is 35.0 Å². The topological polar surface area (TPSA) is 61.8 Å². The van der Waals surface area contributed by atoms with Crippen LogP contribution in [-0.2, 0) is 22.7 Å². The Labute approximate surface area is 158 Å². The van der Waals surface area contributed by atoms with Gasteiger partial charge in [-0.25, -0.2) is 0 Å². The van der Waals surface area contributed by atoms with Crippen LogP contribution in [0.25, 0.3) is 11.3 Å². The summed E-state index contributed by atoms with van der Waals surface area (Å²) in [5.41, 5.74) is 5.70. The summed E-state index contributed by atoms with van der Waals surface area (Å²) in [5, 5.41) is 12.4. The number of ether oxygens (including phenoxy) is 1. The number of benzene rings is 2. The first kappa shape index (κ1) is 16.5. The van der Waals surface area contributed by atoms with E-state index in [2.05, 4.69) is 28.4 Å². The maximum Gasteiger partial charge on any atom is 0.260 e. The summed E-state index contributed by atoms with van der Waals surface area (Å²) in [4.78, 5) is 14.9. The Hall–Kier alpha value is -2.63. The standard InChI is InChI=1S/C22H22N2O3/c25-12-16-4-3-9-24(16)11-14-7-8-17-15(10-14)13-27-21(17)20-18-5-1-2-6-19(18)23-22(20)26/h1-2,5-8,10,16,25H,3-4,9,11-13H2,(H,23,26)/b21-20+/t16-/m0/s1. The Morgan fingerprint density at radius 3 is 2.96 bits per heavy atom. The number of fused-ring (bicyclic) bond motifs is 2. The van der Waals surface area contributed by atoms with Crippen LogP contribution >= 0.6 is 0 Å². The first-order chi connectivity index (χ1) is 13.2. The average molecular weight is 362 g/mol. The molecule has 3 heterocycles. The van der Waals surface area contributed by atoms with Crippen LogP contribution in [0.15, 0.2) is 42.5 Å². The maximum absolute atomic E-state index is 12.5. The molecule has 0 unspecified atom stereocenters. The second kappa shape index (κ2) is 6.51. The lowest BCUT2D eigenvalue weighted by atomic mass is 9.99. The molecule has 0 bridgehead atoms. The van der Waals surface area contributed by atoms with Crippen molar-refractivity contribution in [2.75, 3.05) is 18.5 Å². The summed E-state index contributed by atoms with van der Waals surface area (Å²) in [7, 11) is 0. The summed E-state index contributed by atoms with van der Waals surface area (Å²) in [6, 6.07) is 14.3. The molecule has 1 fully saturated rings. The van der Waals surface area contributed by atoms with Gasteiger partial charge in [0.25, 0.3) is 5.91 Å². The van der Waals surface area contributed by atoms with E-state index in [1.54, 1.807) is 0 Å². The van der Waals surface area contributed by atoms with E-state index in [1.807, 2.05) is 24.3 Å². The molecule has 1 atom stereocenters. The molecular weight excluding hydrogens is 340 g/mol. The highest BCUT2D eigenvalue weighted by atomic mass is 16.5. The van der Waals surface area contributed by atoms with Gasteiger partial charge in [0.15, 0.2) is 0 Å². The number of hydrogen-bond donors (Lipinski definition) is 2. The SMILES string of the molecule is O=C1Nc2ccccc2/C1=C1\OCc2cc(CN3CCC[C@H]3CO)ccc21. The average Bonchev–Trinajstić information content (AvgIpc) is 3.37. The van der Waals surface area contributed by atoms with E-state index in [4.69, 9.17) is 4.74 Å². The van der Waals surface area contributed by atoms with Crippen molar-refractivity contribution >= 4 is 22.9 Å². The predicted molar refractivity (Wildman–Crippen MR) is 104 cm³/mol. The van der Waals surface area contributed by atoms with E-state index in [0.717, 1.165) is 48.3 Å². The highest BCUT2D eigenvalue weighted by Gasteiger charge is 2.32. The molecule has 0 aliphatic carbocycles. The zero-order valence-corrected chi connectivity index (χ0v) is 15.1. The number of para-hydroxylation sites is 1. The third-order valence-corrected chi connectivity index (χ3v) is 5.78. The molecule has 1 amide bonds. The number of nitrogens with zero attached hydrogens (tertiary/aromatic N) is 1. The predicted octanol–water partition coefficient (Wildman–Crippen LogP) is 2.99. The van der Waals surface area contributed by atoms with Crippen LogP contribution in [0.1, 0.15) is 35.1 Å². The number of carbonyl (C=O) groups is 1. The van der Waals surface area contributed by atoms with Crippen LogP contribution in [0.5, 0.6) is 0 Å². The fourth-order valence-corrected chi connectivity index (χ4v) is 4.41. The Kier molecular flexibility index (Phi) is 3.99. The van der Waals surface area contributed by atoms with Crippen molar-refractivity contribution in [1.82, 2.24) is 4.90 Å². The van der Waals surface area contributed by atoms with E-state index in [0.29, 0.717) is 17.9 Å². The fraction of sp³-hybridized carbons (Fsp3) is 0.318. The molecule has 0 radical (unpaired) electrons. The minimum absolute atomic E-state index is 0.106. The number of amides is 1. The molecule has 1 saturated heterocycles. The van der Waals surface area contributed by atoms with Crippen molar-refractivity contribution in [1.29, 1.82) is 0 Å². The molecule has 5 nitrogen and oxygen atoms in total. The third-order valence-electron chi connectivity index (χ3n) is 5.78. The van der Waals surface area contributed by atoms with Gasteiger partial charge in [0.05, 0.1) is 12.2 Å². The van der Waals surface area contributed by atoms with Crippen LogP contribution in [0.2, 0.25) is 0 Å². The van der Waals surface area contributed by atoms with E-state index in [-0.39, 0.29) is 18.6 Å². The molecule has 138 valence electrons. The van der Waals surface area contributed by atoms with Gasteiger partial charge in [0.1, 0.15) is 12.4 Å². The number of hydrogen-bond acceptors (Lipinski definition) is 4. The number of aliphatic hydroxyl groups excluding tert-OH is 1. The largest absolute Gasteiger partial charge is 0.487 e. The number of nitrogens with one attached hydrogen (secondary N) is 1. The van der Waals surface area contributed by atoms with Crippen LogP contribution in [0.4, 0.5) is 5.69 Å². The second-order valence-corrected chi connectivity index (χ2v) is 7.43. The van der Waals surface area contributed by atoms with Gasteiger partial charge < -0.3 is 15.2 Å². The Bertz CT molecular complexity index is 950. The number of rotatable bonds is 3. The van der Waals surface area contributed by atoms with E-state index >= 15 is 0 Å². The molecule has 0 spiro atoms. The van der Waals surface area contributed by atoms with Crippen LogP contribution in [0, 0.1) is 0 Å².